The van der Waals surface area contributed by atoms with E-state index in [0.29, 0.717) is 5.82 Å². The van der Waals surface area contributed by atoms with Gasteiger partial charge < -0.3 is 28.7 Å². The maximum Gasteiger partial charge on any atom is 0.324 e. The average Bonchev–Trinajstić information content (AvgIpc) is 2.91. The highest BCUT2D eigenvalue weighted by molar-refractivity contribution is 6.05. The van der Waals surface area contributed by atoms with Gasteiger partial charge in [-0.05, 0) is 41.5 Å². The van der Waals surface area contributed by atoms with Crippen molar-refractivity contribution in [3.8, 4) is 0 Å². The van der Waals surface area contributed by atoms with Crippen molar-refractivity contribution < 1.29 is 38.1 Å². The summed E-state index contributed by atoms with van der Waals surface area (Å²) in [5, 5.41) is 0. The molecule has 0 bridgehead atoms. The molecule has 0 radical (unpaired) electrons. The second-order valence-electron chi connectivity index (χ2n) is 6.94. The summed E-state index contributed by atoms with van der Waals surface area (Å²) >= 11 is 0. The highest BCUT2D eigenvalue weighted by Gasteiger charge is 2.48. The highest BCUT2D eigenvalue weighted by atomic mass is 16.6. The smallest absolute Gasteiger partial charge is 0.324 e. The molecule has 1 aliphatic heterocycles. The second-order valence-corrected chi connectivity index (χ2v) is 6.94. The Balaban J connectivity index is 3.95. The number of ether oxygens (including phenoxy) is 4. The topological polar surface area (TPSA) is 112 Å². The van der Waals surface area contributed by atoms with Crippen LogP contribution >= 0.6 is 0 Å². The number of carbonyl (C=O) groups is 4. The van der Waals surface area contributed by atoms with E-state index in [-0.39, 0.29) is 32.0 Å². The Morgan fingerprint density at radius 1 is 0.625 bits per heavy atom. The minimum Gasteiger partial charge on any atom is -0.465 e. The lowest BCUT2D eigenvalue weighted by atomic mass is 9.86. The summed E-state index contributed by atoms with van der Waals surface area (Å²) in [4.78, 5) is 55.3. The Labute approximate surface area is 189 Å². The monoisotopic (exact) mass is 454 g/mol. The van der Waals surface area contributed by atoms with Crippen LogP contribution in [-0.2, 0) is 38.1 Å². The van der Waals surface area contributed by atoms with Crippen molar-refractivity contribution in [2.45, 2.75) is 41.5 Å². The predicted molar refractivity (Wildman–Crippen MR) is 114 cm³/mol. The van der Waals surface area contributed by atoms with Gasteiger partial charge in [-0.1, -0.05) is 0 Å². The van der Waals surface area contributed by atoms with Crippen molar-refractivity contribution in [3.63, 3.8) is 0 Å². The molecule has 0 aliphatic carbocycles. The van der Waals surface area contributed by atoms with E-state index < -0.39 is 35.7 Å². The summed E-state index contributed by atoms with van der Waals surface area (Å²) in [5.74, 6) is -6.78. The number of nitrogens with zero attached hydrogens (tertiary/aromatic N) is 2. The van der Waals surface area contributed by atoms with E-state index >= 15 is 0 Å². The summed E-state index contributed by atoms with van der Waals surface area (Å²) in [6.07, 6.45) is 0. The fourth-order valence-electron chi connectivity index (χ4n) is 3.44. The van der Waals surface area contributed by atoms with E-state index in [4.69, 9.17) is 18.9 Å². The number of hydrogen-bond donors (Lipinski definition) is 0. The second kappa shape index (κ2) is 12.1. The Morgan fingerprint density at radius 3 is 1.09 bits per heavy atom. The fourth-order valence-corrected chi connectivity index (χ4v) is 3.44. The molecule has 0 aromatic carbocycles. The average molecular weight is 455 g/mol. The third kappa shape index (κ3) is 5.60. The molecular weight excluding hydrogens is 420 g/mol. The minimum absolute atomic E-state index is 0.0111. The molecule has 0 atom stereocenters. The molecule has 1 rings (SSSR count). The Kier molecular flexibility index (Phi) is 10.2. The molecule has 0 N–H and O–H groups in total. The van der Waals surface area contributed by atoms with Crippen LogP contribution in [0.25, 0.3) is 0 Å². The quantitative estimate of drug-likeness (QED) is 0.275. The summed E-state index contributed by atoms with van der Waals surface area (Å²) in [6.45, 7) is 9.98. The SMILES string of the molecule is CCOC(=O)C(C(=O)OCC)C(=C1N(C)C(C)=C(C)N1C)C(C(=O)OCC)C(=O)OCC. The van der Waals surface area contributed by atoms with Gasteiger partial charge in [0.2, 0.25) is 0 Å². The van der Waals surface area contributed by atoms with Crippen LogP contribution in [0.5, 0.6) is 0 Å². The molecule has 180 valence electrons. The van der Waals surface area contributed by atoms with Gasteiger partial charge in [0.05, 0.1) is 26.4 Å². The highest BCUT2D eigenvalue weighted by Crippen LogP contribution is 2.38. The van der Waals surface area contributed by atoms with Gasteiger partial charge in [-0.25, -0.2) is 0 Å². The van der Waals surface area contributed by atoms with Gasteiger partial charge in [0, 0.05) is 31.1 Å². The van der Waals surface area contributed by atoms with Crippen molar-refractivity contribution in [2.24, 2.45) is 11.8 Å². The van der Waals surface area contributed by atoms with E-state index in [0.717, 1.165) is 11.4 Å². The Morgan fingerprint density at radius 2 is 0.875 bits per heavy atom. The fraction of sp³-hybridized carbons (Fsp3) is 0.636. The first-order valence-corrected chi connectivity index (χ1v) is 10.6. The lowest BCUT2D eigenvalue weighted by molar-refractivity contribution is -0.162. The van der Waals surface area contributed by atoms with E-state index in [2.05, 4.69) is 0 Å². The number of hydrogen-bond acceptors (Lipinski definition) is 10. The maximum atomic E-state index is 13.0. The van der Waals surface area contributed by atoms with Gasteiger partial charge in [0.25, 0.3) is 0 Å². The van der Waals surface area contributed by atoms with E-state index in [9.17, 15) is 19.2 Å². The van der Waals surface area contributed by atoms with Crippen molar-refractivity contribution >= 4 is 23.9 Å². The zero-order valence-electron chi connectivity index (χ0n) is 20.1. The number of allylic oxidation sites excluding steroid dienone is 2. The molecule has 0 unspecified atom stereocenters. The van der Waals surface area contributed by atoms with Crippen molar-refractivity contribution in [1.82, 2.24) is 9.80 Å². The Bertz CT molecular complexity index is 704. The zero-order valence-corrected chi connectivity index (χ0v) is 20.1. The Hall–Kier alpha value is -3.04. The molecule has 0 saturated heterocycles. The lowest BCUT2D eigenvalue weighted by Crippen LogP contribution is -2.42. The van der Waals surface area contributed by atoms with Gasteiger partial charge in [0.1, 0.15) is 5.82 Å². The molecule has 10 heteroatoms. The molecule has 0 spiro atoms. The van der Waals surface area contributed by atoms with Crippen LogP contribution in [0, 0.1) is 11.8 Å². The largest absolute Gasteiger partial charge is 0.465 e. The van der Waals surface area contributed by atoms with Crippen molar-refractivity contribution in [1.29, 1.82) is 0 Å². The molecular formula is C22H34N2O8. The molecule has 0 saturated carbocycles. The van der Waals surface area contributed by atoms with Gasteiger partial charge in [-0.2, -0.15) is 0 Å². The van der Waals surface area contributed by atoms with Crippen molar-refractivity contribution in [3.05, 3.63) is 22.8 Å². The van der Waals surface area contributed by atoms with Crippen LogP contribution < -0.4 is 0 Å². The normalized spacial score (nSPS) is 13.6. The van der Waals surface area contributed by atoms with Crippen LogP contribution in [0.15, 0.2) is 22.8 Å². The molecule has 10 nitrogen and oxygen atoms in total. The molecule has 1 aliphatic rings. The standard InChI is InChI=1S/C22H34N2O8/c1-9-29-19(25)16(20(26)30-10-2)15(18-23(7)13(5)14(6)24(18)8)17(21(27)31-11-3)22(28)32-12-4/h16-17H,9-12H2,1-8H3. The van der Waals surface area contributed by atoms with Crippen LogP contribution in [0.4, 0.5) is 0 Å². The minimum atomic E-state index is -1.67. The number of carbonyl (C=O) groups excluding carboxylic acids is 4. The summed E-state index contributed by atoms with van der Waals surface area (Å²) in [6, 6.07) is 0. The van der Waals surface area contributed by atoms with Gasteiger partial charge in [0.15, 0.2) is 11.8 Å². The van der Waals surface area contributed by atoms with Crippen LogP contribution in [0.1, 0.15) is 41.5 Å². The predicted octanol–water partition coefficient (Wildman–Crippen LogP) is 1.81. The van der Waals surface area contributed by atoms with Crippen LogP contribution in [0.3, 0.4) is 0 Å². The van der Waals surface area contributed by atoms with E-state index in [1.807, 2.05) is 13.8 Å². The number of esters is 4. The first-order valence-electron chi connectivity index (χ1n) is 10.6. The number of rotatable bonds is 10. The van der Waals surface area contributed by atoms with E-state index in [1.165, 1.54) is 0 Å². The maximum absolute atomic E-state index is 13.0. The molecule has 32 heavy (non-hydrogen) atoms. The summed E-state index contributed by atoms with van der Waals surface area (Å²) < 4.78 is 20.5. The lowest BCUT2D eigenvalue weighted by Gasteiger charge is -2.30. The third-order valence-corrected chi connectivity index (χ3v) is 5.13. The molecule has 0 fully saturated rings. The van der Waals surface area contributed by atoms with Gasteiger partial charge >= 0.3 is 23.9 Å². The van der Waals surface area contributed by atoms with Crippen molar-refractivity contribution in [2.75, 3.05) is 40.5 Å². The molecule has 0 aromatic rings. The van der Waals surface area contributed by atoms with Gasteiger partial charge in [-0.15, -0.1) is 0 Å². The summed E-state index contributed by atoms with van der Waals surface area (Å²) in [5.41, 5.74) is 1.50. The van der Waals surface area contributed by atoms with Crippen LogP contribution in [0.2, 0.25) is 0 Å². The van der Waals surface area contributed by atoms with Crippen LogP contribution in [-0.4, -0.2) is 74.2 Å². The first kappa shape index (κ1) is 27.0. The molecule has 0 amide bonds. The molecule has 1 heterocycles. The van der Waals surface area contributed by atoms with Gasteiger partial charge in [-0.3, -0.25) is 19.2 Å². The summed E-state index contributed by atoms with van der Waals surface area (Å²) in [7, 11) is 3.41. The third-order valence-electron chi connectivity index (χ3n) is 5.13. The van der Waals surface area contributed by atoms with E-state index in [1.54, 1.807) is 51.6 Å². The molecule has 0 aromatic heterocycles. The zero-order chi connectivity index (χ0) is 24.6. The first-order chi connectivity index (χ1) is 15.1.